The minimum atomic E-state index is -4.40. The molecule has 0 aromatic carbocycles. The van der Waals surface area contributed by atoms with Crippen molar-refractivity contribution >= 4 is 19.8 Å². The quantitative estimate of drug-likeness (QED) is 0.0211. The van der Waals surface area contributed by atoms with Crippen molar-refractivity contribution in [2.75, 3.05) is 47.5 Å². The normalized spacial score (nSPS) is 13.5. The van der Waals surface area contributed by atoms with Gasteiger partial charge in [0.2, 0.25) is 0 Å². The number of rotatable bonds is 75. The SMILES string of the molecule is CC/C=C\C/C=C\C/C=C\C/C=C\C/C=C\C/C=C\C/C=C\CCCCCCCCCCCCCC(=O)OC(COC(=O)CCCCCCCCCCCCCCCCCCCCCCCCCCCCCCCCCCCCCCC)COP(=O)(O)OCC[N+](C)(C)C. The van der Waals surface area contributed by atoms with Gasteiger partial charge in [0, 0.05) is 12.8 Å². The number of hydrogen-bond donors (Lipinski definition) is 1. The number of phosphoric ester groups is 1. The van der Waals surface area contributed by atoms with Crippen molar-refractivity contribution in [3.8, 4) is 0 Å². The predicted molar refractivity (Wildman–Crippen MR) is 409 cm³/mol. The van der Waals surface area contributed by atoms with E-state index in [-0.39, 0.29) is 25.6 Å². The largest absolute Gasteiger partial charge is 0.472 e. The number of unbranched alkanes of at least 4 members (excludes halogenated alkanes) is 47. The lowest BCUT2D eigenvalue weighted by Crippen LogP contribution is -2.37. The van der Waals surface area contributed by atoms with E-state index in [1.165, 1.54) is 263 Å². The van der Waals surface area contributed by atoms with Gasteiger partial charge in [-0.25, -0.2) is 4.57 Å². The second-order valence-corrected chi connectivity index (χ2v) is 29.9. The number of quaternary nitrogens is 1. The highest BCUT2D eigenvalue weighted by Gasteiger charge is 2.27. The monoisotopic (exact) mass is 1340 g/mol. The fraction of sp³-hybridized carbons (Fsp3) is 0.810. The minimum absolute atomic E-state index is 0.0300. The van der Waals surface area contributed by atoms with Crippen LogP contribution in [0.3, 0.4) is 0 Å². The molecule has 0 bridgehead atoms. The standard InChI is InChI=1S/C84H154NO8P/c1-6-8-10-12-14-16-18-20-22-24-26-28-30-32-34-36-38-40-41-42-43-45-46-48-50-52-54-56-58-60-62-64-66-68-70-72-74-76-83(86)90-80-82(81-92-94(88,89)91-79-78-85(3,4)5)93-84(87)77-75-73-71-69-67-65-63-61-59-57-55-53-51-49-47-44-39-37-35-33-31-29-27-25-23-21-19-17-15-13-11-9-7-2/h9,11,15,17,21,23,27,29,33,35,39,44,49,51,82H,6-8,10,12-14,16,18-20,22,24-26,28,30-32,34,36-38,40-43,45-48,50,52-81H2,1-5H3/p+1/b11-9-,17-15-,23-21-,29-27-,35-33-,44-39-,51-49-. The first kappa shape index (κ1) is 91.2. The Hall–Kier alpha value is -2.81. The van der Waals surface area contributed by atoms with Crippen LogP contribution in [-0.2, 0) is 32.7 Å². The van der Waals surface area contributed by atoms with Gasteiger partial charge in [0.15, 0.2) is 6.10 Å². The van der Waals surface area contributed by atoms with E-state index in [1.807, 2.05) is 21.1 Å². The van der Waals surface area contributed by atoms with E-state index in [2.05, 4.69) is 98.9 Å². The average Bonchev–Trinajstić information content (AvgIpc) is 1.56. The summed E-state index contributed by atoms with van der Waals surface area (Å²) in [4.78, 5) is 36.0. The Morgan fingerprint density at radius 3 is 0.904 bits per heavy atom. The van der Waals surface area contributed by atoms with Crippen LogP contribution in [0.4, 0.5) is 0 Å². The maximum Gasteiger partial charge on any atom is 0.472 e. The molecule has 0 spiro atoms. The second-order valence-electron chi connectivity index (χ2n) is 28.4. The lowest BCUT2D eigenvalue weighted by molar-refractivity contribution is -0.870. The van der Waals surface area contributed by atoms with Gasteiger partial charge in [0.25, 0.3) is 0 Å². The summed E-state index contributed by atoms with van der Waals surface area (Å²) in [5, 5.41) is 0. The number of esters is 2. The van der Waals surface area contributed by atoms with Crippen LogP contribution in [-0.4, -0.2) is 74.9 Å². The van der Waals surface area contributed by atoms with E-state index in [9.17, 15) is 19.0 Å². The zero-order valence-electron chi connectivity index (χ0n) is 62.7. The molecule has 0 aromatic rings. The van der Waals surface area contributed by atoms with E-state index in [1.54, 1.807) is 0 Å². The number of hydrogen-bond acceptors (Lipinski definition) is 7. The van der Waals surface area contributed by atoms with Crippen molar-refractivity contribution in [2.24, 2.45) is 0 Å². The predicted octanol–water partition coefficient (Wildman–Crippen LogP) is 26.8. The van der Waals surface area contributed by atoms with Gasteiger partial charge in [0.1, 0.15) is 19.8 Å². The van der Waals surface area contributed by atoms with Gasteiger partial charge in [-0.2, -0.15) is 0 Å². The average molecular weight is 1340 g/mol. The van der Waals surface area contributed by atoms with Gasteiger partial charge in [-0.05, 0) is 70.6 Å². The first-order chi connectivity index (χ1) is 46.0. The lowest BCUT2D eigenvalue weighted by atomic mass is 10.0. The zero-order valence-corrected chi connectivity index (χ0v) is 63.6. The lowest BCUT2D eigenvalue weighted by Gasteiger charge is -2.24. The van der Waals surface area contributed by atoms with Crippen LogP contribution < -0.4 is 0 Å². The van der Waals surface area contributed by atoms with Gasteiger partial charge in [-0.15, -0.1) is 0 Å². The maximum absolute atomic E-state index is 12.9. The topological polar surface area (TPSA) is 108 Å². The number of nitrogens with zero attached hydrogens (tertiary/aromatic N) is 1. The van der Waals surface area contributed by atoms with Gasteiger partial charge >= 0.3 is 19.8 Å². The zero-order chi connectivity index (χ0) is 68.3. The molecule has 2 atom stereocenters. The van der Waals surface area contributed by atoms with Gasteiger partial charge in [-0.3, -0.25) is 18.6 Å². The summed E-state index contributed by atoms with van der Waals surface area (Å²) in [7, 11) is 1.48. The van der Waals surface area contributed by atoms with Crippen LogP contribution in [0.25, 0.3) is 0 Å². The number of likely N-dealkylation sites (N-methyl/N-ethyl adjacent to an activating group) is 1. The molecule has 0 saturated heterocycles. The number of carbonyl (C=O) groups is 2. The van der Waals surface area contributed by atoms with Crippen molar-refractivity contribution in [1.29, 1.82) is 0 Å². The number of phosphoric acid groups is 1. The highest BCUT2D eigenvalue weighted by atomic mass is 31.2. The van der Waals surface area contributed by atoms with Crippen LogP contribution >= 0.6 is 7.82 Å². The first-order valence-electron chi connectivity index (χ1n) is 40.3. The fourth-order valence-corrected chi connectivity index (χ4v) is 12.6. The Bertz CT molecular complexity index is 1860. The van der Waals surface area contributed by atoms with Crippen molar-refractivity contribution in [1.82, 2.24) is 0 Å². The molecule has 10 heteroatoms. The number of ether oxygens (including phenoxy) is 2. The molecule has 0 amide bonds. The van der Waals surface area contributed by atoms with Crippen molar-refractivity contribution < 1.29 is 42.1 Å². The third kappa shape index (κ3) is 78.2. The Morgan fingerprint density at radius 1 is 0.340 bits per heavy atom. The van der Waals surface area contributed by atoms with Crippen LogP contribution in [0.5, 0.6) is 0 Å². The smallest absolute Gasteiger partial charge is 0.462 e. The van der Waals surface area contributed by atoms with E-state index in [0.717, 1.165) is 89.9 Å². The number of carbonyl (C=O) groups excluding carboxylic acids is 2. The number of allylic oxidation sites excluding steroid dienone is 14. The minimum Gasteiger partial charge on any atom is -0.462 e. The molecule has 0 aromatic heterocycles. The summed E-state index contributed by atoms with van der Waals surface area (Å²) in [6.45, 7) is 4.37. The molecule has 1 N–H and O–H groups in total. The van der Waals surface area contributed by atoms with E-state index >= 15 is 0 Å². The fourth-order valence-electron chi connectivity index (χ4n) is 11.8. The van der Waals surface area contributed by atoms with Crippen molar-refractivity contribution in [3.63, 3.8) is 0 Å². The molecule has 0 saturated carbocycles. The Morgan fingerprint density at radius 2 is 0.606 bits per heavy atom. The van der Waals surface area contributed by atoms with Crippen LogP contribution in [0, 0.1) is 0 Å². The molecule has 0 aliphatic heterocycles. The van der Waals surface area contributed by atoms with E-state index < -0.39 is 26.5 Å². The summed E-state index contributed by atoms with van der Waals surface area (Å²) in [6.07, 6.45) is 103. The van der Waals surface area contributed by atoms with Crippen LogP contribution in [0.1, 0.15) is 386 Å². The highest BCUT2D eigenvalue weighted by molar-refractivity contribution is 7.47. The van der Waals surface area contributed by atoms with Crippen LogP contribution in [0.15, 0.2) is 85.1 Å². The summed E-state index contributed by atoms with van der Waals surface area (Å²) < 4.78 is 34.8. The molecule has 0 radical (unpaired) electrons. The second kappa shape index (κ2) is 74.4. The maximum atomic E-state index is 12.9. The summed E-state index contributed by atoms with van der Waals surface area (Å²) >= 11 is 0. The molecule has 0 rings (SSSR count). The van der Waals surface area contributed by atoms with Crippen molar-refractivity contribution in [2.45, 2.75) is 392 Å². The highest BCUT2D eigenvalue weighted by Crippen LogP contribution is 2.43. The van der Waals surface area contributed by atoms with Gasteiger partial charge < -0.3 is 18.9 Å². The van der Waals surface area contributed by atoms with E-state index in [4.69, 9.17) is 18.5 Å². The molecule has 0 aliphatic carbocycles. The van der Waals surface area contributed by atoms with E-state index in [0.29, 0.717) is 23.9 Å². The van der Waals surface area contributed by atoms with Crippen molar-refractivity contribution in [3.05, 3.63) is 85.1 Å². The molecule has 0 aliphatic rings. The Balaban J connectivity index is 3.95. The molecule has 0 fully saturated rings. The Labute approximate surface area is 583 Å². The summed E-state index contributed by atoms with van der Waals surface area (Å²) in [6, 6.07) is 0. The molecular formula is C84H155NO8P+. The molecule has 2 unspecified atom stereocenters. The Kier molecular flexibility index (Phi) is 72.2. The summed E-state index contributed by atoms with van der Waals surface area (Å²) in [5.74, 6) is -0.786. The van der Waals surface area contributed by atoms with Gasteiger partial charge in [0.05, 0.1) is 27.7 Å². The molecule has 548 valence electrons. The molecule has 9 nitrogen and oxygen atoms in total. The molecular weight excluding hydrogens is 1180 g/mol. The van der Waals surface area contributed by atoms with Crippen LogP contribution in [0.2, 0.25) is 0 Å². The molecule has 0 heterocycles. The summed E-state index contributed by atoms with van der Waals surface area (Å²) in [5.41, 5.74) is 0. The van der Waals surface area contributed by atoms with Gasteiger partial charge in [-0.1, -0.05) is 388 Å². The molecule has 94 heavy (non-hydrogen) atoms. The third-order valence-corrected chi connectivity index (χ3v) is 18.9. The first-order valence-corrected chi connectivity index (χ1v) is 41.8. The third-order valence-electron chi connectivity index (χ3n) is 17.9.